The topological polar surface area (TPSA) is 75.2 Å². The monoisotopic (exact) mass is 236 g/mol. The van der Waals surface area contributed by atoms with E-state index in [1.54, 1.807) is 6.07 Å². The second kappa shape index (κ2) is 6.20. The number of aryl methyl sites for hydroxylation is 1. The average molecular weight is 236 g/mol. The van der Waals surface area contributed by atoms with Crippen LogP contribution in [-0.4, -0.2) is 43.0 Å². The fraction of sp³-hybridized carbons (Fsp3) is 0.500. The molecule has 0 aliphatic rings. The maximum atomic E-state index is 7.44. The Kier molecular flexibility index (Phi) is 4.90. The predicted molar refractivity (Wildman–Crippen MR) is 68.7 cm³/mol. The smallest absolute Gasteiger partial charge is 0.224 e. The summed E-state index contributed by atoms with van der Waals surface area (Å²) in [4.78, 5) is 6.35. The van der Waals surface area contributed by atoms with Crippen LogP contribution in [0.4, 0.5) is 0 Å². The van der Waals surface area contributed by atoms with Crippen molar-refractivity contribution in [1.82, 2.24) is 9.88 Å². The number of hydrogen-bond donors (Lipinski definition) is 2. The first-order chi connectivity index (χ1) is 8.00. The third kappa shape index (κ3) is 4.40. The fourth-order valence-corrected chi connectivity index (χ4v) is 1.40. The lowest BCUT2D eigenvalue weighted by molar-refractivity contribution is 0.272. The van der Waals surface area contributed by atoms with Gasteiger partial charge in [0.1, 0.15) is 5.84 Å². The Bertz CT molecular complexity index is 390. The van der Waals surface area contributed by atoms with Gasteiger partial charge in [-0.25, -0.2) is 4.98 Å². The Morgan fingerprint density at radius 2 is 2.18 bits per heavy atom. The molecule has 0 atom stereocenters. The lowest BCUT2D eigenvalue weighted by Gasteiger charge is -2.12. The molecule has 0 spiro atoms. The highest BCUT2D eigenvalue weighted by molar-refractivity contribution is 5.97. The molecule has 94 valence electrons. The van der Waals surface area contributed by atoms with E-state index >= 15 is 0 Å². The highest BCUT2D eigenvalue weighted by Crippen LogP contribution is 2.15. The first-order valence-corrected chi connectivity index (χ1v) is 5.60. The minimum absolute atomic E-state index is 0.0138. The van der Waals surface area contributed by atoms with Gasteiger partial charge in [0.15, 0.2) is 0 Å². The van der Waals surface area contributed by atoms with Crippen LogP contribution in [0.5, 0.6) is 5.88 Å². The zero-order valence-corrected chi connectivity index (χ0v) is 10.7. The largest absolute Gasteiger partial charge is 0.477 e. The standard InChI is InChI=1S/C12H20N4O/c1-9-5-6-10(11(13)14)12(15-9)17-8-4-7-16(2)3/h5-6H,4,7-8H2,1-3H3,(H3,13,14). The van der Waals surface area contributed by atoms with Gasteiger partial charge < -0.3 is 15.4 Å². The molecule has 0 unspecified atom stereocenters. The minimum atomic E-state index is -0.0138. The summed E-state index contributed by atoms with van der Waals surface area (Å²) in [7, 11) is 4.04. The fourth-order valence-electron chi connectivity index (χ4n) is 1.40. The summed E-state index contributed by atoms with van der Waals surface area (Å²) in [6, 6.07) is 3.59. The van der Waals surface area contributed by atoms with Crippen molar-refractivity contribution in [2.75, 3.05) is 27.2 Å². The normalized spacial score (nSPS) is 10.6. The molecule has 5 nitrogen and oxygen atoms in total. The number of nitrogens with zero attached hydrogens (tertiary/aromatic N) is 2. The van der Waals surface area contributed by atoms with Crippen LogP contribution in [-0.2, 0) is 0 Å². The Morgan fingerprint density at radius 3 is 2.76 bits per heavy atom. The van der Waals surface area contributed by atoms with E-state index in [0.717, 1.165) is 18.7 Å². The molecule has 0 aromatic carbocycles. The van der Waals surface area contributed by atoms with Crippen molar-refractivity contribution in [3.63, 3.8) is 0 Å². The third-order valence-electron chi connectivity index (χ3n) is 2.28. The van der Waals surface area contributed by atoms with Crippen LogP contribution in [0.1, 0.15) is 17.7 Å². The maximum Gasteiger partial charge on any atom is 0.224 e. The van der Waals surface area contributed by atoms with Crippen molar-refractivity contribution >= 4 is 5.84 Å². The van der Waals surface area contributed by atoms with Crippen LogP contribution < -0.4 is 10.5 Å². The van der Waals surface area contributed by atoms with Crippen molar-refractivity contribution in [2.24, 2.45) is 5.73 Å². The van der Waals surface area contributed by atoms with E-state index < -0.39 is 0 Å². The number of amidine groups is 1. The van der Waals surface area contributed by atoms with Gasteiger partial charge in [-0.15, -0.1) is 0 Å². The van der Waals surface area contributed by atoms with Gasteiger partial charge >= 0.3 is 0 Å². The number of ether oxygens (including phenoxy) is 1. The molecular weight excluding hydrogens is 216 g/mol. The summed E-state index contributed by atoms with van der Waals surface area (Å²) in [5.41, 5.74) is 6.89. The van der Waals surface area contributed by atoms with Crippen molar-refractivity contribution in [3.05, 3.63) is 23.4 Å². The predicted octanol–water partition coefficient (Wildman–Crippen LogP) is 1.00. The molecule has 0 saturated carbocycles. The Labute approximate surface area is 102 Å². The second-order valence-corrected chi connectivity index (χ2v) is 4.22. The van der Waals surface area contributed by atoms with E-state index in [9.17, 15) is 0 Å². The number of pyridine rings is 1. The summed E-state index contributed by atoms with van der Waals surface area (Å²) < 4.78 is 5.57. The molecule has 0 amide bonds. The molecule has 1 heterocycles. The van der Waals surface area contributed by atoms with Gasteiger partial charge in [-0.3, -0.25) is 5.41 Å². The summed E-state index contributed by atoms with van der Waals surface area (Å²) >= 11 is 0. The molecule has 1 aromatic rings. The maximum absolute atomic E-state index is 7.44. The second-order valence-electron chi connectivity index (χ2n) is 4.22. The Balaban J connectivity index is 2.62. The summed E-state index contributed by atoms with van der Waals surface area (Å²) in [6.45, 7) is 3.42. The Morgan fingerprint density at radius 1 is 1.47 bits per heavy atom. The molecule has 0 saturated heterocycles. The van der Waals surface area contributed by atoms with E-state index in [4.69, 9.17) is 15.9 Å². The zero-order valence-electron chi connectivity index (χ0n) is 10.7. The summed E-state index contributed by atoms with van der Waals surface area (Å²) in [5, 5.41) is 7.44. The molecule has 1 rings (SSSR count). The number of rotatable bonds is 6. The van der Waals surface area contributed by atoms with Crippen LogP contribution in [0.15, 0.2) is 12.1 Å². The average Bonchev–Trinajstić information content (AvgIpc) is 2.23. The summed E-state index contributed by atoms with van der Waals surface area (Å²) in [5.74, 6) is 0.441. The van der Waals surface area contributed by atoms with Crippen molar-refractivity contribution in [3.8, 4) is 5.88 Å². The molecule has 0 radical (unpaired) electrons. The quantitative estimate of drug-likeness (QED) is 0.439. The van der Waals surface area contributed by atoms with Gasteiger partial charge in [-0.05, 0) is 39.6 Å². The van der Waals surface area contributed by atoms with E-state index in [2.05, 4.69) is 9.88 Å². The van der Waals surface area contributed by atoms with Gasteiger partial charge in [0.2, 0.25) is 5.88 Å². The Hall–Kier alpha value is -1.62. The molecule has 0 aliphatic heterocycles. The molecule has 1 aromatic heterocycles. The molecule has 0 aliphatic carbocycles. The first-order valence-electron chi connectivity index (χ1n) is 5.60. The van der Waals surface area contributed by atoms with Crippen LogP contribution in [0.2, 0.25) is 0 Å². The molecule has 5 heteroatoms. The number of nitrogen functional groups attached to an aromatic ring is 1. The lowest BCUT2D eigenvalue weighted by atomic mass is 10.2. The molecule has 0 bridgehead atoms. The van der Waals surface area contributed by atoms with Gasteiger partial charge in [0.05, 0.1) is 12.2 Å². The van der Waals surface area contributed by atoms with E-state index in [0.29, 0.717) is 18.1 Å². The highest BCUT2D eigenvalue weighted by Gasteiger charge is 2.08. The first kappa shape index (κ1) is 13.4. The van der Waals surface area contributed by atoms with Crippen molar-refractivity contribution < 1.29 is 4.74 Å². The van der Waals surface area contributed by atoms with E-state index in [-0.39, 0.29) is 5.84 Å². The highest BCUT2D eigenvalue weighted by atomic mass is 16.5. The number of nitrogens with two attached hydrogens (primary N) is 1. The minimum Gasteiger partial charge on any atom is -0.477 e. The van der Waals surface area contributed by atoms with Gasteiger partial charge in [0.25, 0.3) is 0 Å². The lowest BCUT2D eigenvalue weighted by Crippen LogP contribution is -2.18. The van der Waals surface area contributed by atoms with Crippen molar-refractivity contribution in [2.45, 2.75) is 13.3 Å². The molecular formula is C12H20N4O. The van der Waals surface area contributed by atoms with Crippen LogP contribution in [0.25, 0.3) is 0 Å². The van der Waals surface area contributed by atoms with Crippen molar-refractivity contribution in [1.29, 1.82) is 5.41 Å². The van der Waals surface area contributed by atoms with Crippen LogP contribution >= 0.6 is 0 Å². The molecule has 0 fully saturated rings. The third-order valence-corrected chi connectivity index (χ3v) is 2.28. The molecule has 3 N–H and O–H groups in total. The van der Waals surface area contributed by atoms with Crippen LogP contribution in [0, 0.1) is 12.3 Å². The van der Waals surface area contributed by atoms with Gasteiger partial charge in [0, 0.05) is 12.2 Å². The van der Waals surface area contributed by atoms with Gasteiger partial charge in [-0.1, -0.05) is 0 Å². The number of nitrogens with one attached hydrogen (secondary N) is 1. The van der Waals surface area contributed by atoms with Crippen LogP contribution in [0.3, 0.4) is 0 Å². The number of aromatic nitrogens is 1. The van der Waals surface area contributed by atoms with E-state index in [1.165, 1.54) is 0 Å². The van der Waals surface area contributed by atoms with E-state index in [1.807, 2.05) is 27.1 Å². The number of hydrogen-bond acceptors (Lipinski definition) is 4. The summed E-state index contributed by atoms with van der Waals surface area (Å²) in [6.07, 6.45) is 0.917. The SMILES string of the molecule is Cc1ccc(C(=N)N)c(OCCCN(C)C)n1. The molecule has 17 heavy (non-hydrogen) atoms. The van der Waals surface area contributed by atoms with Gasteiger partial charge in [-0.2, -0.15) is 0 Å². The zero-order chi connectivity index (χ0) is 12.8.